The summed E-state index contributed by atoms with van der Waals surface area (Å²) in [6.07, 6.45) is 16.8. The van der Waals surface area contributed by atoms with Crippen molar-refractivity contribution in [1.82, 2.24) is 30.8 Å². The average molecular weight is 751 g/mol. The number of aliphatic hydroxyl groups is 1. The molecule has 4 amide bonds. The fraction of sp³-hybridized carbons (Fsp3) is 0.786. The molecule has 4 N–H and O–H groups in total. The molecule has 0 bridgehead atoms. The summed E-state index contributed by atoms with van der Waals surface area (Å²) in [4.78, 5) is 80.0. The fourth-order valence-electron chi connectivity index (χ4n) is 9.85. The van der Waals surface area contributed by atoms with Gasteiger partial charge in [-0.3, -0.25) is 29.0 Å². The second kappa shape index (κ2) is 19.0. The second-order valence-electron chi connectivity index (χ2n) is 17.9. The van der Waals surface area contributed by atoms with Gasteiger partial charge in [-0.1, -0.05) is 79.1 Å². The highest BCUT2D eigenvalue weighted by atomic mass is 16.3. The molecule has 1 aromatic heterocycles. The van der Waals surface area contributed by atoms with Crippen molar-refractivity contribution in [2.75, 3.05) is 6.54 Å². The van der Waals surface area contributed by atoms with Gasteiger partial charge in [0.2, 0.25) is 11.8 Å². The molecule has 8 atom stereocenters. The molecule has 0 aromatic carbocycles. The molecule has 0 spiro atoms. The second-order valence-corrected chi connectivity index (χ2v) is 17.9. The number of carbonyl (C=O) groups is 5. The van der Waals surface area contributed by atoms with Crippen LogP contribution in [0.5, 0.6) is 0 Å². The number of aromatic nitrogens is 2. The molecule has 1 aliphatic heterocycles. The number of aliphatic hydroxyl groups excluding tert-OH is 1. The van der Waals surface area contributed by atoms with E-state index in [4.69, 9.17) is 0 Å². The van der Waals surface area contributed by atoms with Gasteiger partial charge in [0.25, 0.3) is 11.8 Å². The van der Waals surface area contributed by atoms with Gasteiger partial charge in [-0.25, -0.2) is 4.98 Å². The summed E-state index contributed by atoms with van der Waals surface area (Å²) in [5.41, 5.74) is -0.485. The number of ketones is 1. The summed E-state index contributed by atoms with van der Waals surface area (Å²) in [6.45, 7) is 10.2. The molecule has 54 heavy (non-hydrogen) atoms. The van der Waals surface area contributed by atoms with Crippen molar-refractivity contribution in [2.24, 2.45) is 35.0 Å². The Kier molecular flexibility index (Phi) is 14.7. The maximum absolute atomic E-state index is 14.8. The Morgan fingerprint density at radius 3 is 2.15 bits per heavy atom. The summed E-state index contributed by atoms with van der Waals surface area (Å²) >= 11 is 0. The first-order valence-electron chi connectivity index (χ1n) is 21.0. The van der Waals surface area contributed by atoms with Gasteiger partial charge < -0.3 is 26.0 Å². The van der Waals surface area contributed by atoms with Gasteiger partial charge in [-0.15, -0.1) is 0 Å². The average Bonchev–Trinajstić information content (AvgIpc) is 3.77. The van der Waals surface area contributed by atoms with E-state index in [9.17, 15) is 29.1 Å². The minimum absolute atomic E-state index is 0.0360. The van der Waals surface area contributed by atoms with Crippen molar-refractivity contribution in [1.29, 1.82) is 0 Å². The van der Waals surface area contributed by atoms with E-state index in [-0.39, 0.29) is 53.5 Å². The van der Waals surface area contributed by atoms with E-state index in [1.807, 2.05) is 34.6 Å². The van der Waals surface area contributed by atoms with Crippen LogP contribution < -0.4 is 16.0 Å². The predicted molar refractivity (Wildman–Crippen MR) is 206 cm³/mol. The highest BCUT2D eigenvalue weighted by Gasteiger charge is 2.52. The number of hydrogen-bond donors (Lipinski definition) is 4. The zero-order chi connectivity index (χ0) is 39.0. The van der Waals surface area contributed by atoms with E-state index in [2.05, 4.69) is 25.9 Å². The predicted octanol–water partition coefficient (Wildman–Crippen LogP) is 5.13. The zero-order valence-corrected chi connectivity index (χ0v) is 33.4. The largest absolute Gasteiger partial charge is 0.381 e. The molecule has 12 nitrogen and oxygen atoms in total. The summed E-state index contributed by atoms with van der Waals surface area (Å²) in [5.74, 6) is -1.99. The lowest BCUT2D eigenvalue weighted by Gasteiger charge is -2.38. The lowest BCUT2D eigenvalue weighted by molar-refractivity contribution is -0.148. The minimum atomic E-state index is -1.42. The number of hydrogen-bond acceptors (Lipinski definition) is 8. The normalized spacial score (nSPS) is 25.1. The molecular formula is C42H66N6O6. The Morgan fingerprint density at radius 1 is 0.870 bits per heavy atom. The summed E-state index contributed by atoms with van der Waals surface area (Å²) in [6, 6.07) is -2.39. The minimum Gasteiger partial charge on any atom is -0.381 e. The van der Waals surface area contributed by atoms with E-state index in [1.165, 1.54) is 25.0 Å². The first-order valence-corrected chi connectivity index (χ1v) is 21.0. The standard InChI is InChI=1S/C42H66N6O6/c1-6-14-32(37(50)40(53)45-26(2)27-15-9-7-10-16-27)46-39(52)36-30-20-13-19-29(30)25-48(36)41(54)31(42(3,4)5)23-34(49)35(28-17-11-8-12-18-28)47-38(51)33-24-43-21-22-44-33/h21-22,24,26-32,35-37,50H,6-20,23,25H2,1-5H3,(H,45,53)(H,46,52)(H,47,51)/t26-,29-,30-,31+,32-,35-,36-,37?/m0/s1. The quantitative estimate of drug-likeness (QED) is 0.191. The Balaban J connectivity index is 1.33. The number of carbonyl (C=O) groups excluding carboxylic acids is 5. The molecule has 300 valence electrons. The van der Waals surface area contributed by atoms with Crippen molar-refractivity contribution in [2.45, 2.75) is 168 Å². The van der Waals surface area contributed by atoms with Crippen LogP contribution in [-0.4, -0.2) is 86.2 Å². The lowest BCUT2D eigenvalue weighted by atomic mass is 9.74. The molecule has 3 aliphatic carbocycles. The third-order valence-electron chi connectivity index (χ3n) is 13.0. The molecule has 3 saturated carbocycles. The van der Waals surface area contributed by atoms with E-state index in [1.54, 1.807) is 4.90 Å². The summed E-state index contributed by atoms with van der Waals surface area (Å²) in [7, 11) is 0. The van der Waals surface area contributed by atoms with E-state index in [0.717, 1.165) is 77.0 Å². The highest BCUT2D eigenvalue weighted by molar-refractivity contribution is 5.98. The van der Waals surface area contributed by atoms with Crippen LogP contribution in [0.3, 0.4) is 0 Å². The first-order chi connectivity index (χ1) is 25.8. The van der Waals surface area contributed by atoms with E-state index < -0.39 is 47.4 Å². The van der Waals surface area contributed by atoms with Crippen molar-refractivity contribution in [3.63, 3.8) is 0 Å². The number of nitrogens with one attached hydrogen (secondary N) is 3. The van der Waals surface area contributed by atoms with Crippen molar-refractivity contribution < 1.29 is 29.1 Å². The van der Waals surface area contributed by atoms with E-state index in [0.29, 0.717) is 25.3 Å². The van der Waals surface area contributed by atoms with Crippen molar-refractivity contribution in [3.8, 4) is 0 Å². The van der Waals surface area contributed by atoms with Crippen LogP contribution >= 0.6 is 0 Å². The maximum Gasteiger partial charge on any atom is 0.272 e. The van der Waals surface area contributed by atoms with Crippen LogP contribution in [0.1, 0.15) is 148 Å². The summed E-state index contributed by atoms with van der Waals surface area (Å²) < 4.78 is 0. The Hall–Kier alpha value is -3.41. The summed E-state index contributed by atoms with van der Waals surface area (Å²) in [5, 5.41) is 20.4. The van der Waals surface area contributed by atoms with Gasteiger partial charge in [0.05, 0.1) is 18.3 Å². The Labute approximate surface area is 322 Å². The van der Waals surface area contributed by atoms with Gasteiger partial charge in [0.15, 0.2) is 11.9 Å². The Bertz CT molecular complexity index is 1440. The molecule has 2 heterocycles. The number of Topliss-reactive ketones (excluding diaryl/α,β-unsaturated/α-hetero) is 1. The van der Waals surface area contributed by atoms with Crippen LogP contribution in [0.2, 0.25) is 0 Å². The van der Waals surface area contributed by atoms with Crippen LogP contribution in [0.25, 0.3) is 0 Å². The number of likely N-dealkylation sites (tertiary alicyclic amines) is 1. The molecule has 1 aromatic rings. The highest BCUT2D eigenvalue weighted by Crippen LogP contribution is 2.44. The SMILES string of the molecule is CCC[C@H](NC(=O)[C@@H]1[C@H]2CCC[C@H]2CN1C(=O)[C@@H](CC(=O)[C@@H](NC(=O)c1cnccn1)C1CCCCC1)C(C)(C)C)C(O)C(=O)N[C@@H](C)C1CCCCC1. The van der Waals surface area contributed by atoms with E-state index >= 15 is 0 Å². The van der Waals surface area contributed by atoms with Gasteiger partial charge in [0, 0.05) is 37.3 Å². The van der Waals surface area contributed by atoms with Gasteiger partial charge >= 0.3 is 0 Å². The van der Waals surface area contributed by atoms with Gasteiger partial charge in [-0.05, 0) is 81.0 Å². The van der Waals surface area contributed by atoms with Crippen LogP contribution in [0.15, 0.2) is 18.6 Å². The maximum atomic E-state index is 14.8. The van der Waals surface area contributed by atoms with Crippen LogP contribution in [0, 0.1) is 35.0 Å². The number of nitrogens with zero attached hydrogens (tertiary/aromatic N) is 3. The van der Waals surface area contributed by atoms with Gasteiger partial charge in [0.1, 0.15) is 11.7 Å². The molecule has 4 fully saturated rings. The third-order valence-corrected chi connectivity index (χ3v) is 13.0. The van der Waals surface area contributed by atoms with Gasteiger partial charge in [-0.2, -0.15) is 0 Å². The molecule has 4 aliphatic rings. The fourth-order valence-corrected chi connectivity index (χ4v) is 9.85. The smallest absolute Gasteiger partial charge is 0.272 e. The topological polar surface area (TPSA) is 171 Å². The molecule has 5 rings (SSSR count). The molecule has 12 heteroatoms. The number of rotatable bonds is 15. The first kappa shape index (κ1) is 41.7. The molecular weight excluding hydrogens is 684 g/mol. The molecule has 1 saturated heterocycles. The van der Waals surface area contributed by atoms with Crippen LogP contribution in [0.4, 0.5) is 0 Å². The lowest BCUT2D eigenvalue weighted by Crippen LogP contribution is -2.58. The third kappa shape index (κ3) is 10.3. The Morgan fingerprint density at radius 2 is 1.54 bits per heavy atom. The zero-order valence-electron chi connectivity index (χ0n) is 33.4. The monoisotopic (exact) mass is 751 g/mol. The van der Waals surface area contributed by atoms with Crippen LogP contribution in [-0.2, 0) is 19.2 Å². The number of fused-ring (bicyclic) bond motifs is 1. The van der Waals surface area contributed by atoms with Crippen molar-refractivity contribution >= 4 is 29.4 Å². The van der Waals surface area contributed by atoms with Crippen molar-refractivity contribution in [3.05, 3.63) is 24.3 Å². The molecule has 1 unspecified atom stereocenters. The molecule has 0 radical (unpaired) electrons. The number of amides is 4.